The molecule has 0 saturated carbocycles. The topological polar surface area (TPSA) is 86.9 Å². The van der Waals surface area contributed by atoms with Gasteiger partial charge in [-0.05, 0) is 29.5 Å². The maximum absolute atomic E-state index is 13.5. The monoisotopic (exact) mass is 777 g/mol. The van der Waals surface area contributed by atoms with Crippen molar-refractivity contribution in [2.24, 2.45) is 0 Å². The number of alkyl halides is 9. The van der Waals surface area contributed by atoms with E-state index in [0.717, 1.165) is 12.3 Å². The zero-order chi connectivity index (χ0) is 29.2. The van der Waals surface area contributed by atoms with Crippen LogP contribution in [0.4, 0.5) is 43.9 Å². The van der Waals surface area contributed by atoms with Crippen LogP contribution in [-0.2, 0) is 42.3 Å². The fraction of sp³-hybridized carbons (Fsp3) is 0.136. The number of nitrogens with zero attached hydrogens (tertiary/aromatic N) is 4. The van der Waals surface area contributed by atoms with Crippen molar-refractivity contribution in [3.8, 4) is 22.6 Å². The first kappa shape index (κ1) is 32.8. The van der Waals surface area contributed by atoms with E-state index in [0.29, 0.717) is 12.1 Å². The Balaban J connectivity index is 0.000000282. The molecule has 1 aromatic carbocycles. The minimum Gasteiger partial charge on any atom is -0.572 e. The van der Waals surface area contributed by atoms with E-state index in [2.05, 4.69) is 26.2 Å². The van der Waals surface area contributed by atoms with E-state index in [-0.39, 0.29) is 31.4 Å². The number of hydrogen-bond acceptors (Lipinski definition) is 5. The van der Waals surface area contributed by atoms with Crippen LogP contribution < -0.4 is 5.10 Å². The number of hydrogen-bond donors (Lipinski definition) is 0. The van der Waals surface area contributed by atoms with Gasteiger partial charge in [-0.1, -0.05) is 35.5 Å². The summed E-state index contributed by atoms with van der Waals surface area (Å²) >= 11 is 0. The van der Waals surface area contributed by atoms with Gasteiger partial charge < -0.3 is 15.2 Å². The van der Waals surface area contributed by atoms with Crippen molar-refractivity contribution in [3.05, 3.63) is 84.1 Å². The molecule has 0 atom stereocenters. The van der Waals surface area contributed by atoms with Gasteiger partial charge in [0.1, 0.15) is 5.69 Å². The molecule has 3 heterocycles. The van der Waals surface area contributed by atoms with Gasteiger partial charge in [-0.3, -0.25) is 9.37 Å². The second-order valence-corrected chi connectivity index (χ2v) is 9.09. The first-order chi connectivity index (χ1) is 17.9. The third-order valence-electron chi connectivity index (χ3n) is 4.57. The number of sulfone groups is 1. The van der Waals surface area contributed by atoms with Crippen molar-refractivity contribution in [1.29, 1.82) is 0 Å². The molecule has 0 aliphatic heterocycles. The third-order valence-corrected chi connectivity index (χ3v) is 6.10. The molecule has 4 aromatic rings. The van der Waals surface area contributed by atoms with Crippen LogP contribution in [0, 0.1) is 11.9 Å². The van der Waals surface area contributed by atoms with E-state index in [9.17, 15) is 52.3 Å². The molecule has 0 N–H and O–H groups in total. The van der Waals surface area contributed by atoms with E-state index in [1.54, 1.807) is 12.1 Å². The van der Waals surface area contributed by atoms with Gasteiger partial charge in [0.2, 0.25) is 0 Å². The molecular formula is C22H10F10IrN4O2S-2. The standard InChI is InChI=1S/C12H6F4N.C10H4F6N3O2S.Ir/c13-10-7-8(12(14,15)16)4-5-9(10)11-3-1-2-6-17-11;11-9(12,13)8-7(22(20,21)10(14,15)16)6(18-19-8)5-3-1-2-4-17-5;/h1-4,6-7H;1-4H;/q2*-1;. The Morgan fingerprint density at radius 2 is 1.35 bits per heavy atom. The molecular weight excluding hydrogens is 767 g/mol. The largest absolute Gasteiger partial charge is 0.572 e. The van der Waals surface area contributed by atoms with Crippen LogP contribution in [0.25, 0.3) is 22.6 Å². The fourth-order valence-corrected chi connectivity index (χ4v) is 3.91. The number of rotatable bonds is 3. The quantitative estimate of drug-likeness (QED) is 0.184. The Morgan fingerprint density at radius 3 is 1.77 bits per heavy atom. The molecule has 40 heavy (non-hydrogen) atoms. The van der Waals surface area contributed by atoms with Crippen LogP contribution in [0.5, 0.6) is 0 Å². The molecule has 4 rings (SSSR count). The van der Waals surface area contributed by atoms with Gasteiger partial charge >= 0.3 is 17.9 Å². The summed E-state index contributed by atoms with van der Waals surface area (Å²) in [6, 6.07) is 11.8. The molecule has 0 unspecified atom stereocenters. The van der Waals surface area contributed by atoms with E-state index in [1.165, 1.54) is 24.4 Å². The van der Waals surface area contributed by atoms with Crippen LogP contribution in [0.15, 0.2) is 65.8 Å². The second-order valence-electron chi connectivity index (χ2n) is 7.21. The molecule has 0 fully saturated rings. The van der Waals surface area contributed by atoms with Crippen molar-refractivity contribution in [2.45, 2.75) is 22.8 Å². The number of pyridine rings is 2. The molecule has 3 aromatic heterocycles. The molecule has 217 valence electrons. The minimum absolute atomic E-state index is 0. The summed E-state index contributed by atoms with van der Waals surface area (Å²) in [5.74, 6) is -0.987. The van der Waals surface area contributed by atoms with Crippen LogP contribution in [-0.4, -0.2) is 29.0 Å². The Bertz CT molecular complexity index is 1540. The Morgan fingerprint density at radius 1 is 0.800 bits per heavy atom. The third kappa shape index (κ3) is 7.22. The van der Waals surface area contributed by atoms with Gasteiger partial charge in [-0.2, -0.15) is 39.5 Å². The Labute approximate surface area is 231 Å². The maximum Gasteiger partial charge on any atom is 0.501 e. The molecule has 0 bridgehead atoms. The van der Waals surface area contributed by atoms with Crippen molar-refractivity contribution in [2.75, 3.05) is 0 Å². The first-order valence-electron chi connectivity index (χ1n) is 9.97. The zero-order valence-corrected chi connectivity index (χ0v) is 22.1. The number of benzene rings is 1. The van der Waals surface area contributed by atoms with E-state index in [4.69, 9.17) is 0 Å². The average molecular weight is 777 g/mol. The van der Waals surface area contributed by atoms with Crippen LogP contribution in [0.3, 0.4) is 0 Å². The van der Waals surface area contributed by atoms with Gasteiger partial charge in [0.15, 0.2) is 0 Å². The molecule has 0 aliphatic rings. The zero-order valence-electron chi connectivity index (χ0n) is 18.9. The minimum atomic E-state index is -6.31. The smallest absolute Gasteiger partial charge is 0.501 e. The van der Waals surface area contributed by atoms with Crippen LogP contribution in [0.1, 0.15) is 11.3 Å². The van der Waals surface area contributed by atoms with Gasteiger partial charge in [-0.25, -0.2) is 8.42 Å². The summed E-state index contributed by atoms with van der Waals surface area (Å²) in [6.45, 7) is 0. The van der Waals surface area contributed by atoms with Gasteiger partial charge in [0, 0.05) is 38.3 Å². The van der Waals surface area contributed by atoms with Crippen LogP contribution in [0.2, 0.25) is 0 Å². The van der Waals surface area contributed by atoms with Crippen molar-refractivity contribution >= 4 is 9.84 Å². The predicted molar refractivity (Wildman–Crippen MR) is 112 cm³/mol. The van der Waals surface area contributed by atoms with Crippen molar-refractivity contribution in [1.82, 2.24) is 20.2 Å². The van der Waals surface area contributed by atoms with Crippen molar-refractivity contribution < 1.29 is 72.4 Å². The molecule has 18 heteroatoms. The molecule has 0 aliphatic carbocycles. The normalized spacial score (nSPS) is 12.2. The molecule has 6 nitrogen and oxygen atoms in total. The molecule has 0 amide bonds. The summed E-state index contributed by atoms with van der Waals surface area (Å²) < 4.78 is 149. The molecule has 0 saturated heterocycles. The van der Waals surface area contributed by atoms with Gasteiger partial charge in [0.05, 0.1) is 10.6 Å². The summed E-state index contributed by atoms with van der Waals surface area (Å²) in [6.07, 6.45) is -7.50. The maximum atomic E-state index is 13.5. The fourth-order valence-electron chi connectivity index (χ4n) is 2.87. The molecule has 1 radical (unpaired) electrons. The molecule has 0 spiro atoms. The van der Waals surface area contributed by atoms with E-state index in [1.807, 2.05) is 0 Å². The average Bonchev–Trinajstić information content (AvgIpc) is 3.31. The Kier molecular flexibility index (Phi) is 9.87. The summed E-state index contributed by atoms with van der Waals surface area (Å²) in [7, 11) is -6.31. The van der Waals surface area contributed by atoms with Gasteiger partial charge in [0.25, 0.3) is 9.84 Å². The number of halogens is 10. The van der Waals surface area contributed by atoms with Crippen LogP contribution >= 0.6 is 0 Å². The van der Waals surface area contributed by atoms with E-state index >= 15 is 0 Å². The summed E-state index contributed by atoms with van der Waals surface area (Å²) in [5, 5.41) is 5.47. The van der Waals surface area contributed by atoms with Gasteiger partial charge in [-0.15, -0.1) is 12.1 Å². The second kappa shape index (κ2) is 12.0. The predicted octanol–water partition coefficient (Wildman–Crippen LogP) is 6.12. The SMILES string of the molecule is Fc1cc(C(F)(F)F)c[c-]c1-c1ccccn1.O=S(=O)(c1c(C(F)(F)F)n[n-]c1-c1ccccn1)C(F)(F)F.[Ir]. The Hall–Kier alpha value is -3.37. The summed E-state index contributed by atoms with van der Waals surface area (Å²) in [4.78, 5) is 5.30. The first-order valence-corrected chi connectivity index (χ1v) is 11.5. The van der Waals surface area contributed by atoms with Crippen molar-refractivity contribution in [3.63, 3.8) is 0 Å². The summed E-state index contributed by atoms with van der Waals surface area (Å²) in [5.41, 5.74) is -10.6. The number of aromatic nitrogens is 4. The van der Waals surface area contributed by atoms with E-state index < -0.39 is 61.1 Å².